The van der Waals surface area contributed by atoms with Gasteiger partial charge in [0.25, 0.3) is 0 Å². The molecule has 2 N–H and O–H groups in total. The van der Waals surface area contributed by atoms with E-state index in [-0.39, 0.29) is 12.4 Å². The van der Waals surface area contributed by atoms with E-state index in [0.717, 1.165) is 12.3 Å². The van der Waals surface area contributed by atoms with Crippen molar-refractivity contribution < 1.29 is 4.42 Å². The van der Waals surface area contributed by atoms with Gasteiger partial charge >= 0.3 is 0 Å². The first kappa shape index (κ1) is 12.6. The average molecular weight is 231 g/mol. The summed E-state index contributed by atoms with van der Waals surface area (Å²) in [4.78, 5) is 0. The molecule has 15 heavy (non-hydrogen) atoms. The summed E-state index contributed by atoms with van der Waals surface area (Å²) in [5, 5.41) is 6.93. The van der Waals surface area contributed by atoms with Crippen molar-refractivity contribution in [3.05, 3.63) is 24.2 Å². The lowest BCUT2D eigenvalue weighted by molar-refractivity contribution is 0.412. The number of rotatable bonds is 4. The summed E-state index contributed by atoms with van der Waals surface area (Å²) in [6.07, 6.45) is 4.32. The van der Waals surface area contributed by atoms with Crippen molar-refractivity contribution in [3.63, 3.8) is 0 Å². The van der Waals surface area contributed by atoms with Crippen LogP contribution in [-0.4, -0.2) is 19.1 Å². The molecule has 4 heteroatoms. The van der Waals surface area contributed by atoms with Crippen molar-refractivity contribution in [2.24, 2.45) is 0 Å². The number of furan rings is 1. The molecule has 2 atom stereocenters. The van der Waals surface area contributed by atoms with Crippen molar-refractivity contribution in [3.8, 4) is 0 Å². The van der Waals surface area contributed by atoms with Crippen LogP contribution in [0.2, 0.25) is 0 Å². The van der Waals surface area contributed by atoms with Crippen molar-refractivity contribution in [1.82, 2.24) is 10.6 Å². The lowest BCUT2D eigenvalue weighted by atomic mass is 10.2. The Morgan fingerprint density at radius 1 is 1.67 bits per heavy atom. The normalized spacial score (nSPS) is 22.3. The zero-order valence-corrected chi connectivity index (χ0v) is 9.85. The highest BCUT2D eigenvalue weighted by atomic mass is 35.5. The summed E-state index contributed by atoms with van der Waals surface area (Å²) in [5.41, 5.74) is 0. The van der Waals surface area contributed by atoms with Crippen molar-refractivity contribution in [1.29, 1.82) is 0 Å². The van der Waals surface area contributed by atoms with E-state index in [1.165, 1.54) is 19.4 Å². The fraction of sp³-hybridized carbons (Fsp3) is 0.636. The zero-order chi connectivity index (χ0) is 9.80. The largest absolute Gasteiger partial charge is 0.468 e. The second-order valence-corrected chi connectivity index (χ2v) is 3.94. The molecular formula is C11H19ClN2O. The fourth-order valence-corrected chi connectivity index (χ4v) is 1.89. The van der Waals surface area contributed by atoms with Gasteiger partial charge in [0.05, 0.1) is 12.3 Å². The second-order valence-electron chi connectivity index (χ2n) is 3.94. The summed E-state index contributed by atoms with van der Waals surface area (Å²) in [5.74, 6) is 1.02. The Labute approximate surface area is 97.0 Å². The van der Waals surface area contributed by atoms with Gasteiger partial charge in [-0.25, -0.2) is 0 Å². The Hall–Kier alpha value is -0.510. The Balaban J connectivity index is 0.00000112. The van der Waals surface area contributed by atoms with Gasteiger partial charge in [0.2, 0.25) is 0 Å². The maximum Gasteiger partial charge on any atom is 0.120 e. The van der Waals surface area contributed by atoms with E-state index in [1.54, 1.807) is 6.26 Å². The summed E-state index contributed by atoms with van der Waals surface area (Å²) in [7, 11) is 0. The molecule has 1 saturated heterocycles. The van der Waals surface area contributed by atoms with Crippen LogP contribution in [0.25, 0.3) is 0 Å². The van der Waals surface area contributed by atoms with Gasteiger partial charge in [-0.1, -0.05) is 0 Å². The van der Waals surface area contributed by atoms with Crippen LogP contribution in [0, 0.1) is 0 Å². The van der Waals surface area contributed by atoms with Gasteiger partial charge in [-0.15, -0.1) is 12.4 Å². The summed E-state index contributed by atoms with van der Waals surface area (Å²) >= 11 is 0. The van der Waals surface area contributed by atoms with E-state index < -0.39 is 0 Å². The van der Waals surface area contributed by atoms with Gasteiger partial charge in [0.15, 0.2) is 0 Å². The Kier molecular flexibility index (Phi) is 5.15. The molecule has 1 aromatic rings. The maximum absolute atomic E-state index is 5.33. The third-order valence-electron chi connectivity index (χ3n) is 2.80. The minimum Gasteiger partial charge on any atom is -0.468 e. The summed E-state index contributed by atoms with van der Waals surface area (Å²) < 4.78 is 5.33. The van der Waals surface area contributed by atoms with Crippen molar-refractivity contribution >= 4 is 12.4 Å². The maximum atomic E-state index is 5.33. The highest BCUT2D eigenvalue weighted by molar-refractivity contribution is 5.85. The summed E-state index contributed by atoms with van der Waals surface area (Å²) in [6.45, 7) is 4.33. The minimum atomic E-state index is 0. The Morgan fingerprint density at radius 3 is 3.13 bits per heavy atom. The van der Waals surface area contributed by atoms with Crippen LogP contribution in [0.3, 0.4) is 0 Å². The van der Waals surface area contributed by atoms with Gasteiger partial charge in [-0.05, 0) is 38.4 Å². The zero-order valence-electron chi connectivity index (χ0n) is 9.03. The van der Waals surface area contributed by atoms with Crippen LogP contribution in [0.5, 0.6) is 0 Å². The van der Waals surface area contributed by atoms with Crippen LogP contribution >= 0.6 is 12.4 Å². The molecule has 0 radical (unpaired) electrons. The van der Waals surface area contributed by atoms with Gasteiger partial charge in [0, 0.05) is 12.6 Å². The van der Waals surface area contributed by atoms with Crippen molar-refractivity contribution in [2.75, 3.05) is 13.1 Å². The Morgan fingerprint density at radius 2 is 2.53 bits per heavy atom. The molecular weight excluding hydrogens is 212 g/mol. The van der Waals surface area contributed by atoms with Crippen LogP contribution in [0.4, 0.5) is 0 Å². The molecule has 0 spiro atoms. The highest BCUT2D eigenvalue weighted by Crippen LogP contribution is 2.12. The molecule has 1 aliphatic rings. The molecule has 0 amide bonds. The number of hydrogen-bond donors (Lipinski definition) is 2. The van der Waals surface area contributed by atoms with E-state index in [0.29, 0.717) is 12.1 Å². The molecule has 0 aromatic carbocycles. The first-order valence-corrected chi connectivity index (χ1v) is 5.36. The number of hydrogen-bond acceptors (Lipinski definition) is 3. The molecule has 1 aromatic heterocycles. The molecule has 0 bridgehead atoms. The Bertz CT molecular complexity index is 258. The molecule has 0 aliphatic carbocycles. The van der Waals surface area contributed by atoms with Crippen LogP contribution in [0.1, 0.15) is 31.6 Å². The average Bonchev–Trinajstić information content (AvgIpc) is 2.87. The predicted molar refractivity (Wildman–Crippen MR) is 63.4 cm³/mol. The number of halogens is 1. The second kappa shape index (κ2) is 6.16. The van der Waals surface area contributed by atoms with E-state index in [4.69, 9.17) is 4.42 Å². The van der Waals surface area contributed by atoms with Gasteiger partial charge in [0.1, 0.15) is 5.76 Å². The monoisotopic (exact) mass is 230 g/mol. The molecule has 2 unspecified atom stereocenters. The van der Waals surface area contributed by atoms with E-state index in [1.807, 2.05) is 12.1 Å². The smallest absolute Gasteiger partial charge is 0.120 e. The number of nitrogens with one attached hydrogen (secondary N) is 2. The molecule has 0 saturated carbocycles. The van der Waals surface area contributed by atoms with Crippen LogP contribution < -0.4 is 10.6 Å². The molecule has 86 valence electrons. The van der Waals surface area contributed by atoms with Gasteiger partial charge < -0.3 is 15.1 Å². The molecule has 1 aliphatic heterocycles. The minimum absolute atomic E-state index is 0. The van der Waals surface area contributed by atoms with Crippen LogP contribution in [-0.2, 0) is 0 Å². The first-order valence-electron chi connectivity index (χ1n) is 5.36. The standard InChI is InChI=1S/C11H18N2O.ClH/c1-9(11-5-3-7-14-11)13-8-10-4-2-6-12-10;/h3,5,7,9-10,12-13H,2,4,6,8H2,1H3;1H. The van der Waals surface area contributed by atoms with Crippen LogP contribution in [0.15, 0.2) is 22.8 Å². The lowest BCUT2D eigenvalue weighted by Crippen LogP contribution is -2.35. The fourth-order valence-electron chi connectivity index (χ4n) is 1.89. The molecule has 2 heterocycles. The van der Waals surface area contributed by atoms with E-state index >= 15 is 0 Å². The molecule has 3 nitrogen and oxygen atoms in total. The predicted octanol–water partition coefficient (Wildman–Crippen LogP) is 2.10. The van der Waals surface area contributed by atoms with Gasteiger partial charge in [-0.2, -0.15) is 0 Å². The van der Waals surface area contributed by atoms with Crippen molar-refractivity contribution in [2.45, 2.75) is 31.8 Å². The quantitative estimate of drug-likeness (QED) is 0.832. The first-order chi connectivity index (χ1) is 6.86. The highest BCUT2D eigenvalue weighted by Gasteiger charge is 2.15. The van der Waals surface area contributed by atoms with E-state index in [2.05, 4.69) is 17.6 Å². The van der Waals surface area contributed by atoms with Gasteiger partial charge in [-0.3, -0.25) is 0 Å². The van der Waals surface area contributed by atoms with E-state index in [9.17, 15) is 0 Å². The topological polar surface area (TPSA) is 37.2 Å². The summed E-state index contributed by atoms with van der Waals surface area (Å²) in [6, 6.07) is 4.90. The lowest BCUT2D eigenvalue weighted by Gasteiger charge is -2.15. The SMILES string of the molecule is CC(NCC1CCCN1)c1ccco1.Cl. The molecule has 2 rings (SSSR count). The molecule has 1 fully saturated rings. The third-order valence-corrected chi connectivity index (χ3v) is 2.80. The third kappa shape index (κ3) is 3.52.